The van der Waals surface area contributed by atoms with E-state index in [4.69, 9.17) is 11.6 Å². The van der Waals surface area contributed by atoms with Crippen LogP contribution in [0, 0.1) is 6.92 Å². The molecule has 2 aromatic heterocycles. The minimum Gasteiger partial charge on any atom is -0.346 e. The fourth-order valence-corrected chi connectivity index (χ4v) is 3.71. The lowest BCUT2D eigenvalue weighted by Gasteiger charge is -2.03. The molecule has 4 rings (SSSR count). The second-order valence-electron chi connectivity index (χ2n) is 6.53. The molecule has 0 radical (unpaired) electrons. The predicted octanol–water partition coefficient (Wildman–Crippen LogP) is 5.06. The van der Waals surface area contributed by atoms with Crippen LogP contribution in [0.2, 0.25) is 0 Å². The van der Waals surface area contributed by atoms with Crippen LogP contribution in [0.15, 0.2) is 60.8 Å². The number of amides is 1. The molecule has 0 unspecified atom stereocenters. The fraction of sp³-hybridized carbons (Fsp3) is 0.0909. The number of halogens is 1. The van der Waals surface area contributed by atoms with E-state index in [9.17, 15) is 4.79 Å². The molecule has 0 aliphatic heterocycles. The highest BCUT2D eigenvalue weighted by molar-refractivity contribution is 7.15. The zero-order valence-electron chi connectivity index (χ0n) is 15.6. The maximum absolute atomic E-state index is 12.4. The van der Waals surface area contributed by atoms with Gasteiger partial charge in [0, 0.05) is 18.1 Å². The lowest BCUT2D eigenvalue weighted by Crippen LogP contribution is -2.22. The van der Waals surface area contributed by atoms with Crippen molar-refractivity contribution in [3.05, 3.63) is 87.5 Å². The molecule has 0 fully saturated rings. The Morgan fingerprint density at radius 2 is 1.90 bits per heavy atom. The fourth-order valence-electron chi connectivity index (χ4n) is 2.77. The second kappa shape index (κ2) is 8.51. The summed E-state index contributed by atoms with van der Waals surface area (Å²) in [5.74, 6) is -0.268. The van der Waals surface area contributed by atoms with E-state index in [-0.39, 0.29) is 10.9 Å². The molecule has 0 aliphatic carbocycles. The summed E-state index contributed by atoms with van der Waals surface area (Å²) >= 11 is 7.58. The molecular formula is C22H17ClN4OS. The summed E-state index contributed by atoms with van der Waals surface area (Å²) in [6.45, 7) is 2.46. The van der Waals surface area contributed by atoms with Gasteiger partial charge in [0.15, 0.2) is 5.01 Å². The van der Waals surface area contributed by atoms with Crippen molar-refractivity contribution in [3.63, 3.8) is 0 Å². The molecule has 0 saturated carbocycles. The number of hydrogen-bond acceptors (Lipinski definition) is 5. The number of pyridine rings is 1. The average molecular weight is 421 g/mol. The van der Waals surface area contributed by atoms with E-state index in [1.165, 1.54) is 5.56 Å². The number of carbonyl (C=O) groups excluding carboxylic acids is 1. The Morgan fingerprint density at radius 3 is 2.72 bits per heavy atom. The Kier molecular flexibility index (Phi) is 5.64. The van der Waals surface area contributed by atoms with E-state index < -0.39 is 0 Å². The number of rotatable bonds is 5. The quantitative estimate of drug-likeness (QED) is 0.490. The zero-order valence-corrected chi connectivity index (χ0v) is 17.2. The van der Waals surface area contributed by atoms with Crippen molar-refractivity contribution in [1.82, 2.24) is 20.5 Å². The van der Waals surface area contributed by atoms with Gasteiger partial charge in [-0.25, -0.2) is 0 Å². The minimum atomic E-state index is -0.268. The number of aryl methyl sites for hydroxylation is 1. The van der Waals surface area contributed by atoms with Gasteiger partial charge in [0.05, 0.1) is 10.5 Å². The van der Waals surface area contributed by atoms with Gasteiger partial charge in [0.2, 0.25) is 5.01 Å². The summed E-state index contributed by atoms with van der Waals surface area (Å²) in [6.07, 6.45) is 3.57. The number of fused-ring (bicyclic) bond motifs is 1. The number of aromatic nitrogens is 3. The zero-order chi connectivity index (χ0) is 20.2. The number of carbonyl (C=O) groups is 1. The van der Waals surface area contributed by atoms with Crippen LogP contribution in [0.1, 0.15) is 31.5 Å². The first-order valence-electron chi connectivity index (χ1n) is 8.98. The average Bonchev–Trinajstić information content (AvgIpc) is 3.24. The Morgan fingerprint density at radius 1 is 1.10 bits per heavy atom. The number of benzene rings is 2. The Hall–Kier alpha value is -3.09. The van der Waals surface area contributed by atoms with Crippen LogP contribution in [0.4, 0.5) is 0 Å². The summed E-state index contributed by atoms with van der Waals surface area (Å²) in [5.41, 5.74) is 4.05. The van der Waals surface area contributed by atoms with Crippen molar-refractivity contribution in [3.8, 4) is 0 Å². The standard InChI is InChI=1S/C22H17ClN4OS/c1-14-4-6-15(7-5-14)13-25-20(28)22-27-26-21(29-22)18(23)12-16-8-9-19-17(11-16)3-2-10-24-19/h2-12H,13H2,1H3,(H,25,28)/b18-12-. The van der Waals surface area contributed by atoms with Crippen LogP contribution in [0.3, 0.4) is 0 Å². The highest BCUT2D eigenvalue weighted by Crippen LogP contribution is 2.26. The molecule has 144 valence electrons. The first kappa shape index (κ1) is 19.2. The van der Waals surface area contributed by atoms with Crippen LogP contribution < -0.4 is 5.32 Å². The lowest BCUT2D eigenvalue weighted by atomic mass is 10.1. The van der Waals surface area contributed by atoms with Gasteiger partial charge in [0.1, 0.15) is 0 Å². The molecule has 2 aromatic carbocycles. The molecule has 0 aliphatic rings. The van der Waals surface area contributed by atoms with E-state index in [2.05, 4.69) is 20.5 Å². The van der Waals surface area contributed by atoms with E-state index in [0.29, 0.717) is 16.6 Å². The van der Waals surface area contributed by atoms with Crippen molar-refractivity contribution in [2.75, 3.05) is 0 Å². The molecule has 2 heterocycles. The first-order valence-corrected chi connectivity index (χ1v) is 10.2. The van der Waals surface area contributed by atoms with Gasteiger partial charge in [0.25, 0.3) is 5.91 Å². The SMILES string of the molecule is Cc1ccc(CNC(=O)c2nnc(/C(Cl)=C/c3ccc4ncccc4c3)s2)cc1. The van der Waals surface area contributed by atoms with Gasteiger partial charge in [-0.15, -0.1) is 10.2 Å². The van der Waals surface area contributed by atoms with E-state index in [1.807, 2.05) is 67.6 Å². The summed E-state index contributed by atoms with van der Waals surface area (Å²) in [5, 5.41) is 13.1. The minimum absolute atomic E-state index is 0.268. The Balaban J connectivity index is 1.46. The lowest BCUT2D eigenvalue weighted by molar-refractivity contribution is 0.0950. The van der Waals surface area contributed by atoms with E-state index >= 15 is 0 Å². The first-order chi connectivity index (χ1) is 14.1. The van der Waals surface area contributed by atoms with Gasteiger partial charge in [-0.2, -0.15) is 0 Å². The van der Waals surface area contributed by atoms with E-state index in [1.54, 1.807) is 6.20 Å². The number of nitrogens with zero attached hydrogens (tertiary/aromatic N) is 3. The predicted molar refractivity (Wildman–Crippen MR) is 118 cm³/mol. The van der Waals surface area contributed by atoms with Crippen LogP contribution in [-0.4, -0.2) is 21.1 Å². The topological polar surface area (TPSA) is 67.8 Å². The number of nitrogens with one attached hydrogen (secondary N) is 1. The highest BCUT2D eigenvalue weighted by atomic mass is 35.5. The smallest absolute Gasteiger partial charge is 0.282 e. The molecule has 1 N–H and O–H groups in total. The number of hydrogen-bond donors (Lipinski definition) is 1. The third kappa shape index (κ3) is 4.67. The molecule has 4 aromatic rings. The monoisotopic (exact) mass is 420 g/mol. The summed E-state index contributed by atoms with van der Waals surface area (Å²) in [6, 6.07) is 17.8. The molecule has 1 amide bonds. The summed E-state index contributed by atoms with van der Waals surface area (Å²) < 4.78 is 0. The van der Waals surface area contributed by atoms with Crippen LogP contribution in [0.25, 0.3) is 22.0 Å². The van der Waals surface area contributed by atoms with Crippen LogP contribution >= 0.6 is 22.9 Å². The van der Waals surface area contributed by atoms with Crippen LogP contribution in [-0.2, 0) is 6.54 Å². The molecule has 0 bridgehead atoms. The molecule has 0 spiro atoms. The molecule has 7 heteroatoms. The maximum Gasteiger partial charge on any atom is 0.282 e. The van der Waals surface area contributed by atoms with Crippen molar-refractivity contribution < 1.29 is 4.79 Å². The molecular weight excluding hydrogens is 404 g/mol. The van der Waals surface area contributed by atoms with Gasteiger partial charge in [-0.3, -0.25) is 9.78 Å². The summed E-state index contributed by atoms with van der Waals surface area (Å²) in [4.78, 5) is 16.7. The third-order valence-electron chi connectivity index (χ3n) is 4.32. The summed E-state index contributed by atoms with van der Waals surface area (Å²) in [7, 11) is 0. The normalized spacial score (nSPS) is 11.6. The van der Waals surface area contributed by atoms with Crippen LogP contribution in [0.5, 0.6) is 0 Å². The molecule has 29 heavy (non-hydrogen) atoms. The second-order valence-corrected chi connectivity index (χ2v) is 7.91. The Bertz CT molecular complexity index is 1200. The van der Waals surface area contributed by atoms with Crippen molar-refractivity contribution in [1.29, 1.82) is 0 Å². The van der Waals surface area contributed by atoms with E-state index in [0.717, 1.165) is 33.4 Å². The molecule has 0 saturated heterocycles. The maximum atomic E-state index is 12.4. The largest absolute Gasteiger partial charge is 0.346 e. The van der Waals surface area contributed by atoms with Gasteiger partial charge < -0.3 is 5.32 Å². The van der Waals surface area contributed by atoms with Gasteiger partial charge >= 0.3 is 0 Å². The highest BCUT2D eigenvalue weighted by Gasteiger charge is 2.14. The van der Waals surface area contributed by atoms with Gasteiger partial charge in [-0.05, 0) is 42.3 Å². The van der Waals surface area contributed by atoms with Crippen molar-refractivity contribution in [2.24, 2.45) is 0 Å². The van der Waals surface area contributed by atoms with Gasteiger partial charge in [-0.1, -0.05) is 64.9 Å². The van der Waals surface area contributed by atoms with Crippen molar-refractivity contribution >= 4 is 50.9 Å². The van der Waals surface area contributed by atoms with Crippen molar-refractivity contribution in [2.45, 2.75) is 13.5 Å². The third-order valence-corrected chi connectivity index (χ3v) is 5.67. The Labute approximate surface area is 177 Å². The molecule has 0 atom stereocenters. The molecule has 5 nitrogen and oxygen atoms in total.